The van der Waals surface area contributed by atoms with Gasteiger partial charge >= 0.3 is 0 Å². The predicted octanol–water partition coefficient (Wildman–Crippen LogP) is 0.435. The molecule has 1 amide bonds. The van der Waals surface area contributed by atoms with E-state index < -0.39 is 0 Å². The minimum Gasteiger partial charge on any atom is -0.352 e. The van der Waals surface area contributed by atoms with Gasteiger partial charge in [0, 0.05) is 38.6 Å². The molecule has 7 nitrogen and oxygen atoms in total. The number of amides is 1. The summed E-state index contributed by atoms with van der Waals surface area (Å²) in [5, 5.41) is 10.6. The van der Waals surface area contributed by atoms with Crippen molar-refractivity contribution in [3.05, 3.63) is 48.4 Å². The molecule has 0 fully saturated rings. The number of hydrogen-bond donors (Lipinski definition) is 1. The molecule has 102 valence electrons. The van der Waals surface area contributed by atoms with Gasteiger partial charge in [0.25, 0.3) is 5.91 Å². The zero-order valence-corrected chi connectivity index (χ0v) is 11.0. The van der Waals surface area contributed by atoms with Gasteiger partial charge in [-0.05, 0) is 12.1 Å². The lowest BCUT2D eigenvalue weighted by molar-refractivity contribution is 0.0953. The third-order valence-electron chi connectivity index (χ3n) is 3.09. The molecule has 0 bridgehead atoms. The van der Waals surface area contributed by atoms with E-state index in [1.165, 1.54) is 0 Å². The molecule has 0 saturated carbocycles. The first-order valence-electron chi connectivity index (χ1n) is 6.28. The highest BCUT2D eigenvalue weighted by molar-refractivity contribution is 5.94. The van der Waals surface area contributed by atoms with E-state index in [2.05, 4.69) is 20.5 Å². The van der Waals surface area contributed by atoms with Gasteiger partial charge in [-0.25, -0.2) is 4.98 Å². The molecule has 3 aromatic rings. The van der Waals surface area contributed by atoms with Crippen molar-refractivity contribution >= 4 is 11.6 Å². The van der Waals surface area contributed by atoms with Crippen LogP contribution in [-0.4, -0.2) is 36.6 Å². The molecule has 7 heteroatoms. The number of nitrogens with one attached hydrogen (secondary N) is 1. The Bertz CT molecular complexity index is 744. The second kappa shape index (κ2) is 5.12. The van der Waals surface area contributed by atoms with Gasteiger partial charge in [-0.3, -0.25) is 4.79 Å². The molecule has 3 heterocycles. The summed E-state index contributed by atoms with van der Waals surface area (Å²) in [6.45, 7) is 0.521. The van der Waals surface area contributed by atoms with Crippen molar-refractivity contribution in [3.63, 3.8) is 0 Å². The highest BCUT2D eigenvalue weighted by Crippen LogP contribution is 2.04. The van der Waals surface area contributed by atoms with Crippen LogP contribution in [0.4, 0.5) is 0 Å². The summed E-state index contributed by atoms with van der Waals surface area (Å²) < 4.78 is 3.65. The Morgan fingerprint density at radius 2 is 2.30 bits per heavy atom. The summed E-state index contributed by atoms with van der Waals surface area (Å²) in [5.41, 5.74) is 1.43. The fraction of sp³-hybridized carbons (Fsp3) is 0.231. The molecule has 3 aromatic heterocycles. The summed E-state index contributed by atoms with van der Waals surface area (Å²) in [5.74, 6) is 0.734. The maximum atomic E-state index is 12.0. The van der Waals surface area contributed by atoms with Crippen LogP contribution in [0.5, 0.6) is 0 Å². The molecule has 0 aliphatic carbocycles. The van der Waals surface area contributed by atoms with Crippen LogP contribution in [0.25, 0.3) is 5.65 Å². The van der Waals surface area contributed by atoms with Gasteiger partial charge in [-0.2, -0.15) is 0 Å². The summed E-state index contributed by atoms with van der Waals surface area (Å²) in [4.78, 5) is 16.2. The van der Waals surface area contributed by atoms with Crippen LogP contribution in [0.1, 0.15) is 16.2 Å². The van der Waals surface area contributed by atoms with Gasteiger partial charge in [-0.1, -0.05) is 0 Å². The Morgan fingerprint density at radius 3 is 3.10 bits per heavy atom. The molecule has 0 saturated heterocycles. The molecule has 0 aliphatic heterocycles. The van der Waals surface area contributed by atoms with Crippen LogP contribution >= 0.6 is 0 Å². The summed E-state index contributed by atoms with van der Waals surface area (Å²) in [6.07, 6.45) is 7.57. The predicted molar refractivity (Wildman–Crippen MR) is 72.2 cm³/mol. The van der Waals surface area contributed by atoms with E-state index in [1.807, 2.05) is 28.3 Å². The number of fused-ring (bicyclic) bond motifs is 1. The Balaban J connectivity index is 1.62. The first-order chi connectivity index (χ1) is 9.74. The van der Waals surface area contributed by atoms with Crippen molar-refractivity contribution in [2.75, 3.05) is 6.54 Å². The van der Waals surface area contributed by atoms with E-state index in [0.717, 1.165) is 11.5 Å². The van der Waals surface area contributed by atoms with Gasteiger partial charge in [0.05, 0.1) is 5.56 Å². The van der Waals surface area contributed by atoms with Gasteiger partial charge in [-0.15, -0.1) is 10.2 Å². The molecule has 0 aromatic carbocycles. The summed E-state index contributed by atoms with van der Waals surface area (Å²) in [7, 11) is 1.88. The van der Waals surface area contributed by atoms with Gasteiger partial charge < -0.3 is 14.3 Å². The minimum absolute atomic E-state index is 0.109. The van der Waals surface area contributed by atoms with Crippen molar-refractivity contribution in [2.45, 2.75) is 6.42 Å². The number of hydrogen-bond acceptors (Lipinski definition) is 4. The normalized spacial score (nSPS) is 10.8. The van der Waals surface area contributed by atoms with E-state index in [-0.39, 0.29) is 5.91 Å². The lowest BCUT2D eigenvalue weighted by Crippen LogP contribution is -2.26. The summed E-state index contributed by atoms with van der Waals surface area (Å²) >= 11 is 0. The molecule has 0 atom stereocenters. The lowest BCUT2D eigenvalue weighted by Gasteiger charge is -2.05. The lowest BCUT2D eigenvalue weighted by atomic mass is 10.2. The third-order valence-corrected chi connectivity index (χ3v) is 3.09. The minimum atomic E-state index is -0.109. The SMILES string of the molecule is Cn1cnnc1CCNC(=O)c1ccc2nccn2c1. The Morgan fingerprint density at radius 1 is 1.40 bits per heavy atom. The quantitative estimate of drug-likeness (QED) is 0.746. The van der Waals surface area contributed by atoms with Crippen LogP contribution in [-0.2, 0) is 13.5 Å². The van der Waals surface area contributed by atoms with E-state index in [9.17, 15) is 4.79 Å². The maximum absolute atomic E-state index is 12.0. The van der Waals surface area contributed by atoms with Crippen molar-refractivity contribution in [3.8, 4) is 0 Å². The summed E-state index contributed by atoms with van der Waals surface area (Å²) in [6, 6.07) is 3.58. The van der Waals surface area contributed by atoms with Crippen molar-refractivity contribution in [2.24, 2.45) is 7.05 Å². The fourth-order valence-corrected chi connectivity index (χ4v) is 1.98. The van der Waals surface area contributed by atoms with Gasteiger partial charge in [0.1, 0.15) is 17.8 Å². The van der Waals surface area contributed by atoms with Gasteiger partial charge in [0.2, 0.25) is 0 Å². The molecule has 0 aliphatic rings. The van der Waals surface area contributed by atoms with Crippen LogP contribution in [0.15, 0.2) is 37.1 Å². The standard InChI is InChI=1S/C13H14N6O/c1-18-9-16-17-12(18)4-5-15-13(20)10-2-3-11-14-6-7-19(11)8-10/h2-3,6-9H,4-5H2,1H3,(H,15,20). The number of carbonyl (C=O) groups is 1. The first-order valence-corrected chi connectivity index (χ1v) is 6.28. The largest absolute Gasteiger partial charge is 0.352 e. The fourth-order valence-electron chi connectivity index (χ4n) is 1.98. The van der Waals surface area contributed by atoms with Crippen molar-refractivity contribution in [1.82, 2.24) is 29.5 Å². The smallest absolute Gasteiger partial charge is 0.252 e. The maximum Gasteiger partial charge on any atom is 0.252 e. The molecule has 0 spiro atoms. The number of rotatable bonds is 4. The highest BCUT2D eigenvalue weighted by Gasteiger charge is 2.07. The Labute approximate surface area is 115 Å². The zero-order chi connectivity index (χ0) is 13.9. The van der Waals surface area contributed by atoms with E-state index in [0.29, 0.717) is 18.5 Å². The van der Waals surface area contributed by atoms with E-state index in [1.54, 1.807) is 24.8 Å². The first kappa shape index (κ1) is 12.3. The van der Waals surface area contributed by atoms with Crippen LogP contribution in [0, 0.1) is 0 Å². The molecular weight excluding hydrogens is 256 g/mol. The number of aryl methyl sites for hydroxylation is 1. The van der Waals surface area contributed by atoms with Crippen LogP contribution < -0.4 is 5.32 Å². The number of imidazole rings is 1. The van der Waals surface area contributed by atoms with Crippen molar-refractivity contribution < 1.29 is 4.79 Å². The Kier molecular flexibility index (Phi) is 3.16. The van der Waals surface area contributed by atoms with Crippen LogP contribution in [0.3, 0.4) is 0 Å². The molecule has 0 radical (unpaired) electrons. The van der Waals surface area contributed by atoms with E-state index >= 15 is 0 Å². The number of aromatic nitrogens is 5. The zero-order valence-electron chi connectivity index (χ0n) is 11.0. The third kappa shape index (κ3) is 2.37. The average Bonchev–Trinajstić information content (AvgIpc) is 3.07. The van der Waals surface area contributed by atoms with E-state index in [4.69, 9.17) is 0 Å². The number of carbonyl (C=O) groups excluding carboxylic acids is 1. The van der Waals surface area contributed by atoms with Crippen molar-refractivity contribution in [1.29, 1.82) is 0 Å². The Hall–Kier alpha value is -2.70. The molecule has 3 rings (SSSR count). The molecular formula is C13H14N6O. The highest BCUT2D eigenvalue weighted by atomic mass is 16.1. The van der Waals surface area contributed by atoms with Crippen LogP contribution in [0.2, 0.25) is 0 Å². The average molecular weight is 270 g/mol. The number of pyridine rings is 1. The second-order valence-corrected chi connectivity index (χ2v) is 4.47. The molecule has 0 unspecified atom stereocenters. The monoisotopic (exact) mass is 270 g/mol. The topological polar surface area (TPSA) is 77.1 Å². The molecule has 20 heavy (non-hydrogen) atoms. The number of nitrogens with zero attached hydrogens (tertiary/aromatic N) is 5. The van der Waals surface area contributed by atoms with Gasteiger partial charge in [0.15, 0.2) is 0 Å². The molecule has 1 N–H and O–H groups in total. The second-order valence-electron chi connectivity index (χ2n) is 4.47.